The molecule has 1 aliphatic heterocycles. The predicted octanol–water partition coefficient (Wildman–Crippen LogP) is 7.71. The molecule has 0 amide bonds. The Morgan fingerprint density at radius 2 is 1.04 bits per heavy atom. The van der Waals surface area contributed by atoms with E-state index >= 15 is 0 Å². The van der Waals surface area contributed by atoms with E-state index in [-0.39, 0.29) is 19.3 Å². The Morgan fingerprint density at radius 3 is 1.36 bits per heavy atom. The van der Waals surface area contributed by atoms with Crippen LogP contribution in [0, 0.1) is 11.8 Å². The minimum Gasteiger partial charge on any atom is -0.430 e. The van der Waals surface area contributed by atoms with Crippen molar-refractivity contribution in [3.8, 4) is 0 Å². The zero-order valence-corrected chi connectivity index (χ0v) is 31.9. The Labute approximate surface area is 290 Å². The third-order valence-corrected chi connectivity index (χ3v) is 7.04. The van der Waals surface area contributed by atoms with Gasteiger partial charge in [-0.3, -0.25) is 0 Å². The van der Waals surface area contributed by atoms with E-state index in [2.05, 4.69) is 44.1 Å². The molecule has 0 bridgehead atoms. The topological polar surface area (TPSA) is 144 Å². The molecular weight excluding hydrogens is 604 g/mol. The monoisotopic (exact) mass is 685 g/mol. The van der Waals surface area contributed by atoms with E-state index in [0.717, 1.165) is 77.3 Å². The molecule has 1 heterocycles. The number of rotatable bonds is 20. The van der Waals surface area contributed by atoms with Crippen LogP contribution < -0.4 is 0 Å². The molecule has 288 valence electrons. The van der Waals surface area contributed by atoms with Crippen molar-refractivity contribution in [2.75, 3.05) is 72.7 Å². The van der Waals surface area contributed by atoms with Gasteiger partial charge < -0.3 is 44.1 Å². The summed E-state index contributed by atoms with van der Waals surface area (Å²) in [6, 6.07) is 0. The van der Waals surface area contributed by atoms with Gasteiger partial charge in [0.25, 0.3) is 0 Å². The SMILES string of the molecule is CCC1CCC(CO)CC1.CCC1COC(=O)O1.CCCCCO.CCCCOCCC.CCCOCCCO.CCCOCCO. The van der Waals surface area contributed by atoms with Gasteiger partial charge in [0.2, 0.25) is 0 Å². The zero-order chi connectivity index (χ0) is 36.2. The van der Waals surface area contributed by atoms with E-state index in [9.17, 15) is 4.79 Å². The van der Waals surface area contributed by atoms with Gasteiger partial charge in [-0.25, -0.2) is 4.79 Å². The minimum absolute atomic E-state index is 0.00231. The summed E-state index contributed by atoms with van der Waals surface area (Å²) in [7, 11) is 0. The fourth-order valence-corrected chi connectivity index (χ4v) is 3.97. The third-order valence-electron chi connectivity index (χ3n) is 7.04. The number of carbonyl (C=O) groups excluding carboxylic acids is 1. The Morgan fingerprint density at radius 1 is 0.553 bits per heavy atom. The van der Waals surface area contributed by atoms with Crippen molar-refractivity contribution >= 4 is 6.16 Å². The summed E-state index contributed by atoms with van der Waals surface area (Å²) < 4.78 is 24.3. The summed E-state index contributed by atoms with van der Waals surface area (Å²) in [6.07, 6.45) is 16.6. The fraction of sp³-hybridized carbons (Fsp3) is 0.973. The highest BCUT2D eigenvalue weighted by atomic mass is 16.8. The van der Waals surface area contributed by atoms with Crippen LogP contribution in [0.15, 0.2) is 0 Å². The van der Waals surface area contributed by atoms with Crippen LogP contribution in [-0.4, -0.2) is 105 Å². The lowest BCUT2D eigenvalue weighted by Crippen LogP contribution is -2.16. The molecule has 1 atom stereocenters. The van der Waals surface area contributed by atoms with E-state index in [1.165, 1.54) is 51.4 Å². The number of unbranched alkanes of at least 4 members (excludes halogenated alkanes) is 3. The fourth-order valence-electron chi connectivity index (χ4n) is 3.97. The van der Waals surface area contributed by atoms with Gasteiger partial charge in [0, 0.05) is 52.9 Å². The maximum Gasteiger partial charge on any atom is 0.508 e. The molecule has 10 heteroatoms. The van der Waals surface area contributed by atoms with Crippen LogP contribution in [0.5, 0.6) is 0 Å². The molecule has 1 saturated carbocycles. The molecule has 1 aliphatic carbocycles. The Balaban J connectivity index is -0.000000238. The van der Waals surface area contributed by atoms with Crippen molar-refractivity contribution in [3.63, 3.8) is 0 Å². The summed E-state index contributed by atoms with van der Waals surface area (Å²) in [4.78, 5) is 10.2. The Bertz CT molecular complexity index is 487. The minimum atomic E-state index is -0.531. The van der Waals surface area contributed by atoms with Gasteiger partial charge >= 0.3 is 6.16 Å². The van der Waals surface area contributed by atoms with E-state index in [0.29, 0.717) is 39.0 Å². The van der Waals surface area contributed by atoms with Gasteiger partial charge in [-0.2, -0.15) is 0 Å². The molecule has 47 heavy (non-hydrogen) atoms. The average Bonchev–Trinajstić information content (AvgIpc) is 3.54. The molecule has 0 aromatic rings. The number of ether oxygens (including phenoxy) is 5. The first-order valence-corrected chi connectivity index (χ1v) is 18.8. The second kappa shape index (κ2) is 49.4. The summed E-state index contributed by atoms with van der Waals surface area (Å²) in [5, 5.41) is 33.5. The van der Waals surface area contributed by atoms with Crippen molar-refractivity contribution < 1.29 is 48.9 Å². The number of cyclic esters (lactones) is 2. The lowest BCUT2D eigenvalue weighted by Gasteiger charge is -2.26. The molecule has 10 nitrogen and oxygen atoms in total. The number of aliphatic hydroxyl groups excluding tert-OH is 4. The van der Waals surface area contributed by atoms with E-state index < -0.39 is 6.16 Å². The number of hydrogen-bond acceptors (Lipinski definition) is 10. The normalized spacial score (nSPS) is 17.8. The first-order chi connectivity index (χ1) is 22.8. The first-order valence-electron chi connectivity index (χ1n) is 18.8. The van der Waals surface area contributed by atoms with Crippen molar-refractivity contribution in [2.24, 2.45) is 11.8 Å². The van der Waals surface area contributed by atoms with Gasteiger partial charge in [0.15, 0.2) is 0 Å². The van der Waals surface area contributed by atoms with Crippen molar-refractivity contribution in [1.82, 2.24) is 0 Å². The lowest BCUT2D eigenvalue weighted by atomic mass is 9.81. The largest absolute Gasteiger partial charge is 0.508 e. The molecule has 0 radical (unpaired) electrons. The Hall–Kier alpha value is -1.01. The van der Waals surface area contributed by atoms with Gasteiger partial charge in [0.05, 0.1) is 13.2 Å². The van der Waals surface area contributed by atoms with Crippen molar-refractivity contribution in [3.05, 3.63) is 0 Å². The van der Waals surface area contributed by atoms with E-state index in [1.54, 1.807) is 0 Å². The maximum absolute atomic E-state index is 10.2. The van der Waals surface area contributed by atoms with Gasteiger partial charge in [-0.15, -0.1) is 0 Å². The van der Waals surface area contributed by atoms with Crippen LogP contribution in [-0.2, 0) is 23.7 Å². The molecule has 2 rings (SSSR count). The van der Waals surface area contributed by atoms with Crippen molar-refractivity contribution in [1.29, 1.82) is 0 Å². The number of hydrogen-bond donors (Lipinski definition) is 4. The molecule has 1 unspecified atom stereocenters. The van der Waals surface area contributed by atoms with Crippen LogP contribution >= 0.6 is 0 Å². The summed E-state index contributed by atoms with van der Waals surface area (Å²) in [5.74, 6) is 1.59. The van der Waals surface area contributed by atoms with Crippen LogP contribution in [0.25, 0.3) is 0 Å². The quantitative estimate of drug-likeness (QED) is 0.0743. The smallest absolute Gasteiger partial charge is 0.430 e. The van der Waals surface area contributed by atoms with E-state index in [1.807, 2.05) is 13.8 Å². The van der Waals surface area contributed by atoms with Crippen LogP contribution in [0.2, 0.25) is 0 Å². The average molecular weight is 685 g/mol. The third kappa shape index (κ3) is 49.5. The molecular formula is C37H80O10. The highest BCUT2D eigenvalue weighted by Gasteiger charge is 2.22. The highest BCUT2D eigenvalue weighted by Crippen LogP contribution is 2.29. The summed E-state index contributed by atoms with van der Waals surface area (Å²) in [5.41, 5.74) is 0. The first kappa shape index (κ1) is 52.8. The van der Waals surface area contributed by atoms with Gasteiger partial charge in [-0.05, 0) is 69.6 Å². The zero-order valence-electron chi connectivity index (χ0n) is 31.9. The van der Waals surface area contributed by atoms with E-state index in [4.69, 9.17) is 34.6 Å². The number of aliphatic hydroxyl groups is 4. The molecule has 4 N–H and O–H groups in total. The van der Waals surface area contributed by atoms with Gasteiger partial charge in [-0.1, -0.05) is 87.0 Å². The standard InChI is InChI=1S/C9H18O.C7H16O.C6H14O2.C5H8O3.C5H12O2.C5H12O/c1-2-8-3-5-9(7-10)6-4-8;1-3-5-7-8-6-4-2;1-2-5-8-6-3-4-7;1-2-4-3-7-5(6)8-4;1-2-4-7-5-3-6;1-2-3-4-5-6/h8-10H,2-7H2,1H3;3-7H2,1-2H3;7H,2-6H2,1H3;4H,2-3H2,1H3;6H,2-5H2,1H3;6H,2-5H2,1H3. The number of carbonyl (C=O) groups is 1. The molecule has 0 aromatic carbocycles. The molecule has 0 spiro atoms. The molecule has 1 saturated heterocycles. The molecule has 0 aromatic heterocycles. The maximum atomic E-state index is 10.2. The van der Waals surface area contributed by atoms with Crippen molar-refractivity contribution in [2.45, 2.75) is 151 Å². The summed E-state index contributed by atoms with van der Waals surface area (Å²) >= 11 is 0. The lowest BCUT2D eigenvalue weighted by molar-refractivity contribution is 0.0928. The second-order valence-electron chi connectivity index (χ2n) is 11.6. The van der Waals surface area contributed by atoms with Gasteiger partial charge in [0.1, 0.15) is 12.7 Å². The highest BCUT2D eigenvalue weighted by molar-refractivity contribution is 5.61. The molecule has 2 fully saturated rings. The second-order valence-corrected chi connectivity index (χ2v) is 11.6. The van der Waals surface area contributed by atoms with Crippen LogP contribution in [0.3, 0.4) is 0 Å². The predicted molar refractivity (Wildman–Crippen MR) is 193 cm³/mol. The summed E-state index contributed by atoms with van der Waals surface area (Å²) in [6.45, 7) is 21.0. The molecule has 2 aliphatic rings. The van der Waals surface area contributed by atoms with Crippen LogP contribution in [0.4, 0.5) is 4.79 Å². The van der Waals surface area contributed by atoms with Crippen LogP contribution in [0.1, 0.15) is 145 Å². The Kier molecular flexibility index (Phi) is 55.5.